The zero-order valence-corrected chi connectivity index (χ0v) is 5.07. The van der Waals surface area contributed by atoms with E-state index < -0.39 is 0 Å². The third-order valence-electron chi connectivity index (χ3n) is 0.520. The van der Waals surface area contributed by atoms with Crippen LogP contribution < -0.4 is 0 Å². The molecule has 7 heavy (non-hydrogen) atoms. The number of carbonyl (C=O) groups excluding carboxylic acids is 1. The summed E-state index contributed by atoms with van der Waals surface area (Å²) in [6.45, 7) is 0.475. The van der Waals surface area contributed by atoms with Crippen molar-refractivity contribution in [2.45, 2.75) is 6.42 Å². The van der Waals surface area contributed by atoms with Gasteiger partial charge in [-0.1, -0.05) is 0 Å². The Morgan fingerprint density at radius 1 is 1.86 bits per heavy atom. The van der Waals surface area contributed by atoms with Gasteiger partial charge in [-0.2, -0.15) is 0 Å². The van der Waals surface area contributed by atoms with Gasteiger partial charge in [0, 0.05) is 13.5 Å². The lowest BCUT2D eigenvalue weighted by atomic mass is 10.5. The molecule has 0 saturated carbocycles. The first-order chi connectivity index (χ1) is 3.27. The molecule has 0 rings (SSSR count). The topological polar surface area (TPSA) is 26.3 Å². The van der Waals surface area contributed by atoms with Gasteiger partial charge in [0.25, 0.3) is 0 Å². The molecule has 0 fully saturated rings. The van der Waals surface area contributed by atoms with Gasteiger partial charge in [0.15, 0.2) is 5.12 Å². The Hall–Kier alpha value is -0.0200. The van der Waals surface area contributed by atoms with Crippen LogP contribution in [0.15, 0.2) is 0 Å². The Morgan fingerprint density at radius 2 is 2.43 bits per heavy atom. The van der Waals surface area contributed by atoms with E-state index in [-0.39, 0.29) is 5.12 Å². The maximum Gasteiger partial charge on any atom is 0.188 e. The van der Waals surface area contributed by atoms with Crippen molar-refractivity contribution in [2.75, 3.05) is 13.7 Å². The molecule has 0 aromatic rings. The van der Waals surface area contributed by atoms with Crippen LogP contribution in [-0.4, -0.2) is 18.8 Å². The van der Waals surface area contributed by atoms with E-state index in [4.69, 9.17) is 0 Å². The van der Waals surface area contributed by atoms with Gasteiger partial charge in [-0.3, -0.25) is 4.79 Å². The Kier molecular flexibility index (Phi) is 4.14. The zero-order chi connectivity index (χ0) is 5.70. The minimum atomic E-state index is -0.123. The highest BCUT2D eigenvalue weighted by Crippen LogP contribution is 1.85. The Labute approximate surface area is 48.3 Å². The molecule has 0 bridgehead atoms. The minimum Gasteiger partial charge on any atom is -0.384 e. The van der Waals surface area contributed by atoms with E-state index in [1.807, 2.05) is 0 Å². The van der Waals surface area contributed by atoms with Crippen molar-refractivity contribution in [3.05, 3.63) is 0 Å². The zero-order valence-electron chi connectivity index (χ0n) is 4.18. The molecule has 0 spiro atoms. The van der Waals surface area contributed by atoms with E-state index in [1.54, 1.807) is 7.11 Å². The van der Waals surface area contributed by atoms with Crippen molar-refractivity contribution in [3.63, 3.8) is 0 Å². The highest BCUT2D eigenvalue weighted by Gasteiger charge is 1.88. The molecule has 0 saturated heterocycles. The number of rotatable bonds is 3. The fourth-order valence-electron chi connectivity index (χ4n) is 0.189. The summed E-state index contributed by atoms with van der Waals surface area (Å²) < 4.78 is 4.58. The third-order valence-corrected chi connectivity index (χ3v) is 0.744. The second-order valence-corrected chi connectivity index (χ2v) is 1.64. The van der Waals surface area contributed by atoms with Crippen LogP contribution in [0.25, 0.3) is 0 Å². The van der Waals surface area contributed by atoms with E-state index >= 15 is 0 Å². The van der Waals surface area contributed by atoms with Gasteiger partial charge >= 0.3 is 0 Å². The van der Waals surface area contributed by atoms with Crippen molar-refractivity contribution in [1.82, 2.24) is 0 Å². The Balaban J connectivity index is 2.82. The van der Waals surface area contributed by atoms with Crippen LogP contribution in [0.2, 0.25) is 0 Å². The molecule has 2 nitrogen and oxygen atoms in total. The highest BCUT2D eigenvalue weighted by molar-refractivity contribution is 7.96. The molecule has 0 aliphatic heterocycles. The van der Waals surface area contributed by atoms with Crippen LogP contribution in [0.5, 0.6) is 0 Å². The third kappa shape index (κ3) is 5.98. The number of hydrogen-bond donors (Lipinski definition) is 1. The maximum atomic E-state index is 9.99. The summed E-state index contributed by atoms with van der Waals surface area (Å²) in [6, 6.07) is 0. The van der Waals surface area contributed by atoms with Crippen LogP contribution >= 0.6 is 12.6 Å². The molecule has 0 aromatic heterocycles. The van der Waals surface area contributed by atoms with Crippen molar-refractivity contribution in [1.29, 1.82) is 0 Å². The monoisotopic (exact) mass is 120 g/mol. The average Bonchev–Trinajstić information content (AvgIpc) is 1.61. The first kappa shape index (κ1) is 6.98. The predicted octanol–water partition coefficient (Wildman–Crippen LogP) is 0.479. The molecule has 0 aliphatic rings. The van der Waals surface area contributed by atoms with Gasteiger partial charge in [0.2, 0.25) is 0 Å². The average molecular weight is 120 g/mol. The summed E-state index contributed by atoms with van der Waals surface area (Å²) in [4.78, 5) is 9.99. The largest absolute Gasteiger partial charge is 0.384 e. The molecule has 42 valence electrons. The SMILES string of the molecule is COCCC(=O)S. The lowest BCUT2D eigenvalue weighted by Crippen LogP contribution is -1.93. The Morgan fingerprint density at radius 3 is 2.57 bits per heavy atom. The molecule has 0 radical (unpaired) electrons. The number of methoxy groups -OCH3 is 1. The van der Waals surface area contributed by atoms with Gasteiger partial charge in [0.1, 0.15) is 0 Å². The molecule has 0 amide bonds. The van der Waals surface area contributed by atoms with E-state index in [1.165, 1.54) is 0 Å². The van der Waals surface area contributed by atoms with E-state index in [2.05, 4.69) is 17.4 Å². The standard InChI is InChI=1S/C4H8O2S/c1-6-3-2-4(5)7/h2-3H2,1H3,(H,5,7). The van der Waals surface area contributed by atoms with Crippen molar-refractivity contribution in [2.24, 2.45) is 0 Å². The van der Waals surface area contributed by atoms with Gasteiger partial charge in [-0.25, -0.2) is 0 Å². The van der Waals surface area contributed by atoms with Crippen LogP contribution in [0.4, 0.5) is 0 Å². The van der Waals surface area contributed by atoms with E-state index in [0.29, 0.717) is 13.0 Å². The summed E-state index contributed by atoms with van der Waals surface area (Å²) in [5.41, 5.74) is 0. The Bertz CT molecular complexity index is 62.7. The van der Waals surface area contributed by atoms with Gasteiger partial charge in [-0.15, -0.1) is 12.6 Å². The number of ether oxygens (including phenoxy) is 1. The first-order valence-electron chi connectivity index (χ1n) is 1.98. The molecule has 0 atom stereocenters. The first-order valence-corrected chi connectivity index (χ1v) is 2.43. The molecular weight excluding hydrogens is 112 g/mol. The van der Waals surface area contributed by atoms with Crippen molar-refractivity contribution in [3.8, 4) is 0 Å². The van der Waals surface area contributed by atoms with Crippen LogP contribution in [0, 0.1) is 0 Å². The second kappa shape index (κ2) is 4.15. The number of carbonyl (C=O) groups is 1. The summed E-state index contributed by atoms with van der Waals surface area (Å²) in [5, 5.41) is -0.123. The normalized spacial score (nSPS) is 8.86. The van der Waals surface area contributed by atoms with Crippen LogP contribution in [-0.2, 0) is 9.53 Å². The van der Waals surface area contributed by atoms with Crippen LogP contribution in [0.1, 0.15) is 6.42 Å². The quantitative estimate of drug-likeness (QED) is 0.548. The molecule has 0 aliphatic carbocycles. The second-order valence-electron chi connectivity index (χ2n) is 1.14. The molecular formula is C4H8O2S. The smallest absolute Gasteiger partial charge is 0.188 e. The lowest BCUT2D eigenvalue weighted by Gasteiger charge is -1.88. The van der Waals surface area contributed by atoms with E-state index in [9.17, 15) is 4.79 Å². The molecule has 0 aromatic carbocycles. The minimum absolute atomic E-state index is 0.123. The van der Waals surface area contributed by atoms with Crippen molar-refractivity contribution >= 4 is 17.7 Å². The van der Waals surface area contributed by atoms with Crippen LogP contribution in [0.3, 0.4) is 0 Å². The maximum absolute atomic E-state index is 9.99. The number of thiol groups is 1. The van der Waals surface area contributed by atoms with Gasteiger partial charge in [-0.05, 0) is 0 Å². The number of hydrogen-bond acceptors (Lipinski definition) is 2. The van der Waals surface area contributed by atoms with E-state index in [0.717, 1.165) is 0 Å². The summed E-state index contributed by atoms with van der Waals surface area (Å²) >= 11 is 3.51. The molecule has 3 heteroatoms. The fraction of sp³-hybridized carbons (Fsp3) is 0.750. The summed E-state index contributed by atoms with van der Waals surface area (Å²) in [5.74, 6) is 0. The fourth-order valence-corrected chi connectivity index (χ4v) is 0.281. The summed E-state index contributed by atoms with van der Waals surface area (Å²) in [6.07, 6.45) is 0.402. The van der Waals surface area contributed by atoms with Gasteiger partial charge < -0.3 is 4.74 Å². The molecule has 0 N–H and O–H groups in total. The molecule has 0 unspecified atom stereocenters. The van der Waals surface area contributed by atoms with Crippen molar-refractivity contribution < 1.29 is 9.53 Å². The summed E-state index contributed by atoms with van der Waals surface area (Å²) in [7, 11) is 1.55. The lowest BCUT2D eigenvalue weighted by molar-refractivity contribution is -0.111. The highest BCUT2D eigenvalue weighted by atomic mass is 32.1. The van der Waals surface area contributed by atoms with Gasteiger partial charge in [0.05, 0.1) is 6.61 Å². The molecule has 0 heterocycles. The predicted molar refractivity (Wildman–Crippen MR) is 30.5 cm³/mol.